The molecule has 3 nitrogen and oxygen atoms in total. The second kappa shape index (κ2) is 3.44. The molecule has 3 heteroatoms. The van der Waals surface area contributed by atoms with Crippen molar-refractivity contribution >= 4 is 5.91 Å². The summed E-state index contributed by atoms with van der Waals surface area (Å²) in [7, 11) is 0. The summed E-state index contributed by atoms with van der Waals surface area (Å²) in [6.07, 6.45) is 4.96. The lowest BCUT2D eigenvalue weighted by molar-refractivity contribution is 0.0765. The van der Waals surface area contributed by atoms with Gasteiger partial charge < -0.3 is 0 Å². The molecular weight excluding hydrogens is 200 g/mol. The molecule has 1 aromatic heterocycles. The second-order valence-electron chi connectivity index (χ2n) is 5.46. The monoisotopic (exact) mass is 218 g/mol. The first-order chi connectivity index (χ1) is 7.65. The zero-order valence-electron chi connectivity index (χ0n) is 9.94. The Kier molecular flexibility index (Phi) is 2.16. The Morgan fingerprint density at radius 2 is 2.19 bits per heavy atom. The minimum Gasteiger partial charge on any atom is -0.272 e. The molecule has 2 saturated carbocycles. The summed E-state index contributed by atoms with van der Waals surface area (Å²) in [4.78, 5) is 12.4. The summed E-state index contributed by atoms with van der Waals surface area (Å²) in [5, 5.41) is 4.31. The fraction of sp³-hybridized carbons (Fsp3) is 0.692. The van der Waals surface area contributed by atoms with E-state index >= 15 is 0 Å². The Balaban J connectivity index is 1.86. The van der Waals surface area contributed by atoms with Gasteiger partial charge in [0, 0.05) is 11.6 Å². The van der Waals surface area contributed by atoms with Crippen molar-refractivity contribution < 1.29 is 4.79 Å². The SMILES string of the molecule is Cc1cc(C)n(C(=O)C2CC3CCC2C3)n1. The Bertz CT molecular complexity index is 435. The van der Waals surface area contributed by atoms with Gasteiger partial charge in [0.05, 0.1) is 5.69 Å². The van der Waals surface area contributed by atoms with Crippen LogP contribution in [0.2, 0.25) is 0 Å². The van der Waals surface area contributed by atoms with Gasteiger partial charge >= 0.3 is 0 Å². The van der Waals surface area contributed by atoms with Crippen LogP contribution in [0.25, 0.3) is 0 Å². The lowest BCUT2D eigenvalue weighted by Gasteiger charge is -2.20. The van der Waals surface area contributed by atoms with Gasteiger partial charge in [0.2, 0.25) is 5.91 Å². The number of aryl methyl sites for hydroxylation is 2. The molecule has 0 aliphatic heterocycles. The van der Waals surface area contributed by atoms with E-state index in [4.69, 9.17) is 0 Å². The summed E-state index contributed by atoms with van der Waals surface area (Å²) in [5.41, 5.74) is 1.92. The molecule has 86 valence electrons. The highest BCUT2D eigenvalue weighted by Gasteiger charge is 2.43. The molecule has 3 rings (SSSR count). The molecule has 0 spiro atoms. The van der Waals surface area contributed by atoms with E-state index in [1.165, 1.54) is 19.3 Å². The summed E-state index contributed by atoms with van der Waals surface area (Å²) >= 11 is 0. The molecule has 1 heterocycles. The highest BCUT2D eigenvalue weighted by Crippen LogP contribution is 2.48. The molecule has 3 unspecified atom stereocenters. The van der Waals surface area contributed by atoms with Crippen LogP contribution in [0.15, 0.2) is 6.07 Å². The van der Waals surface area contributed by atoms with Crippen LogP contribution in [0, 0.1) is 31.6 Å². The van der Waals surface area contributed by atoms with Gasteiger partial charge in [-0.2, -0.15) is 5.10 Å². The largest absolute Gasteiger partial charge is 0.272 e. The van der Waals surface area contributed by atoms with Crippen LogP contribution in [0.4, 0.5) is 0 Å². The van der Waals surface area contributed by atoms with Crippen LogP contribution in [0.3, 0.4) is 0 Å². The Morgan fingerprint density at radius 1 is 1.38 bits per heavy atom. The van der Waals surface area contributed by atoms with E-state index in [1.54, 1.807) is 4.68 Å². The van der Waals surface area contributed by atoms with E-state index < -0.39 is 0 Å². The maximum atomic E-state index is 12.4. The van der Waals surface area contributed by atoms with Gasteiger partial charge in [-0.1, -0.05) is 6.42 Å². The van der Waals surface area contributed by atoms with E-state index in [1.807, 2.05) is 19.9 Å². The molecule has 0 amide bonds. The lowest BCUT2D eigenvalue weighted by atomic mass is 9.88. The van der Waals surface area contributed by atoms with Gasteiger partial charge in [-0.15, -0.1) is 0 Å². The summed E-state index contributed by atoms with van der Waals surface area (Å²) in [6.45, 7) is 3.91. The zero-order valence-corrected chi connectivity index (χ0v) is 9.94. The Hall–Kier alpha value is -1.12. The molecule has 0 N–H and O–H groups in total. The molecule has 0 aromatic carbocycles. The van der Waals surface area contributed by atoms with Crippen LogP contribution in [0.5, 0.6) is 0 Å². The van der Waals surface area contributed by atoms with Gasteiger partial charge in [-0.25, -0.2) is 4.68 Å². The molecule has 1 aromatic rings. The molecule has 2 aliphatic rings. The minimum atomic E-state index is 0.234. The van der Waals surface area contributed by atoms with Crippen molar-refractivity contribution in [1.82, 2.24) is 9.78 Å². The lowest BCUT2D eigenvalue weighted by Crippen LogP contribution is -2.27. The number of rotatable bonds is 1. The van der Waals surface area contributed by atoms with Crippen molar-refractivity contribution in [3.63, 3.8) is 0 Å². The fourth-order valence-corrected chi connectivity index (χ4v) is 3.56. The summed E-state index contributed by atoms with van der Waals surface area (Å²) in [5.74, 6) is 1.94. The zero-order chi connectivity index (χ0) is 11.3. The van der Waals surface area contributed by atoms with E-state index in [0.717, 1.165) is 23.7 Å². The number of fused-ring (bicyclic) bond motifs is 2. The van der Waals surface area contributed by atoms with Crippen molar-refractivity contribution in [2.24, 2.45) is 17.8 Å². The normalized spacial score (nSPS) is 32.2. The molecular formula is C13H18N2O. The number of aromatic nitrogens is 2. The number of hydrogen-bond donors (Lipinski definition) is 0. The maximum Gasteiger partial charge on any atom is 0.250 e. The summed E-state index contributed by atoms with van der Waals surface area (Å²) < 4.78 is 1.63. The molecule has 2 bridgehead atoms. The highest BCUT2D eigenvalue weighted by molar-refractivity contribution is 5.82. The first kappa shape index (κ1) is 10.1. The molecule has 0 saturated heterocycles. The van der Waals surface area contributed by atoms with Gasteiger partial charge in [-0.05, 0) is 51.0 Å². The van der Waals surface area contributed by atoms with Gasteiger partial charge in [0.25, 0.3) is 0 Å². The van der Waals surface area contributed by atoms with E-state index in [0.29, 0.717) is 5.92 Å². The number of carbonyl (C=O) groups is 1. The first-order valence-electron chi connectivity index (χ1n) is 6.22. The van der Waals surface area contributed by atoms with Crippen molar-refractivity contribution in [1.29, 1.82) is 0 Å². The van der Waals surface area contributed by atoms with Crippen molar-refractivity contribution in [2.75, 3.05) is 0 Å². The number of nitrogens with zero attached hydrogens (tertiary/aromatic N) is 2. The molecule has 2 aliphatic carbocycles. The molecule has 16 heavy (non-hydrogen) atoms. The Morgan fingerprint density at radius 3 is 2.69 bits per heavy atom. The summed E-state index contributed by atoms with van der Waals surface area (Å²) in [6, 6.07) is 1.98. The quantitative estimate of drug-likeness (QED) is 0.726. The second-order valence-corrected chi connectivity index (χ2v) is 5.46. The third-order valence-corrected chi connectivity index (χ3v) is 4.27. The van der Waals surface area contributed by atoms with Crippen molar-refractivity contribution in [3.05, 3.63) is 17.5 Å². The average Bonchev–Trinajstić information content (AvgIpc) is 2.91. The molecule has 2 fully saturated rings. The molecule has 3 atom stereocenters. The van der Waals surface area contributed by atoms with Gasteiger partial charge in [0.15, 0.2) is 0 Å². The van der Waals surface area contributed by atoms with E-state index in [-0.39, 0.29) is 11.8 Å². The van der Waals surface area contributed by atoms with E-state index in [2.05, 4.69) is 5.10 Å². The maximum absolute atomic E-state index is 12.4. The number of hydrogen-bond acceptors (Lipinski definition) is 2. The van der Waals surface area contributed by atoms with Crippen molar-refractivity contribution in [3.8, 4) is 0 Å². The molecule has 0 radical (unpaired) electrons. The predicted octanol–water partition coefficient (Wildman–Crippen LogP) is 2.58. The van der Waals surface area contributed by atoms with E-state index in [9.17, 15) is 4.79 Å². The third-order valence-electron chi connectivity index (χ3n) is 4.27. The van der Waals surface area contributed by atoms with Crippen LogP contribution < -0.4 is 0 Å². The van der Waals surface area contributed by atoms with Crippen LogP contribution in [0.1, 0.15) is 41.9 Å². The topological polar surface area (TPSA) is 34.9 Å². The predicted molar refractivity (Wildman–Crippen MR) is 61.3 cm³/mol. The smallest absolute Gasteiger partial charge is 0.250 e. The first-order valence-corrected chi connectivity index (χ1v) is 6.22. The standard InChI is InChI=1S/C13H18N2O/c1-8-5-9(2)15(14-8)13(16)12-7-10-3-4-11(12)6-10/h5,10-12H,3-4,6-7H2,1-2H3. The van der Waals surface area contributed by atoms with Crippen LogP contribution >= 0.6 is 0 Å². The fourth-order valence-electron chi connectivity index (χ4n) is 3.56. The number of carbonyl (C=O) groups excluding carboxylic acids is 1. The van der Waals surface area contributed by atoms with Gasteiger partial charge in [-0.3, -0.25) is 4.79 Å². The average molecular weight is 218 g/mol. The third kappa shape index (κ3) is 1.41. The highest BCUT2D eigenvalue weighted by atomic mass is 16.2. The minimum absolute atomic E-state index is 0.234. The van der Waals surface area contributed by atoms with Gasteiger partial charge in [0.1, 0.15) is 0 Å². The Labute approximate surface area is 95.8 Å². The van der Waals surface area contributed by atoms with Crippen molar-refractivity contribution in [2.45, 2.75) is 39.5 Å². The van der Waals surface area contributed by atoms with Crippen LogP contribution in [-0.2, 0) is 0 Å². The van der Waals surface area contributed by atoms with Crippen LogP contribution in [-0.4, -0.2) is 15.7 Å².